The molecule has 1 unspecified atom stereocenters. The van der Waals surface area contributed by atoms with E-state index in [-0.39, 0.29) is 0 Å². The minimum absolute atomic E-state index is 0.374. The molecule has 112 valence electrons. The van der Waals surface area contributed by atoms with Crippen molar-refractivity contribution >= 4 is 5.95 Å². The lowest BCUT2D eigenvalue weighted by Crippen LogP contribution is -2.19. The first-order valence-corrected chi connectivity index (χ1v) is 7.73. The van der Waals surface area contributed by atoms with E-state index in [0.29, 0.717) is 6.04 Å². The van der Waals surface area contributed by atoms with E-state index < -0.39 is 0 Å². The van der Waals surface area contributed by atoms with Crippen molar-refractivity contribution < 1.29 is 4.74 Å². The second-order valence-electron chi connectivity index (χ2n) is 5.58. The molecular formula is C17H23N3O. The summed E-state index contributed by atoms with van der Waals surface area (Å²) in [7, 11) is 1.74. The van der Waals surface area contributed by atoms with Gasteiger partial charge in [0.15, 0.2) is 0 Å². The van der Waals surface area contributed by atoms with Crippen molar-refractivity contribution in [2.75, 3.05) is 19.0 Å². The number of ether oxygens (including phenoxy) is 1. The van der Waals surface area contributed by atoms with Gasteiger partial charge in [-0.1, -0.05) is 24.3 Å². The van der Waals surface area contributed by atoms with E-state index in [1.807, 2.05) is 12.4 Å². The van der Waals surface area contributed by atoms with E-state index in [2.05, 4.69) is 39.1 Å². The summed E-state index contributed by atoms with van der Waals surface area (Å²) in [5.74, 6) is 0.966. The van der Waals surface area contributed by atoms with E-state index >= 15 is 0 Å². The van der Waals surface area contributed by atoms with Gasteiger partial charge in [0.1, 0.15) is 0 Å². The van der Waals surface area contributed by atoms with Crippen molar-refractivity contribution in [1.82, 2.24) is 9.55 Å². The van der Waals surface area contributed by atoms with Crippen molar-refractivity contribution in [3.63, 3.8) is 0 Å². The molecular weight excluding hydrogens is 262 g/mol. The molecule has 0 aliphatic heterocycles. The molecule has 1 aliphatic carbocycles. The number of aryl methyl sites for hydroxylation is 2. The molecule has 0 spiro atoms. The van der Waals surface area contributed by atoms with E-state index in [4.69, 9.17) is 4.74 Å². The number of nitrogens with one attached hydrogen (secondary N) is 1. The fourth-order valence-corrected chi connectivity index (χ4v) is 3.07. The first kappa shape index (κ1) is 14.1. The van der Waals surface area contributed by atoms with Crippen LogP contribution in [0.2, 0.25) is 0 Å². The number of benzene rings is 1. The van der Waals surface area contributed by atoms with Crippen LogP contribution in [0.25, 0.3) is 0 Å². The molecule has 1 aromatic heterocycles. The zero-order chi connectivity index (χ0) is 14.5. The van der Waals surface area contributed by atoms with E-state index in [1.54, 1.807) is 7.11 Å². The molecule has 0 saturated heterocycles. The maximum atomic E-state index is 5.12. The van der Waals surface area contributed by atoms with Gasteiger partial charge in [-0.3, -0.25) is 0 Å². The van der Waals surface area contributed by atoms with Crippen LogP contribution in [0, 0.1) is 0 Å². The third-order valence-electron chi connectivity index (χ3n) is 4.14. The van der Waals surface area contributed by atoms with Crippen molar-refractivity contribution in [3.8, 4) is 0 Å². The van der Waals surface area contributed by atoms with Crippen LogP contribution in [0.15, 0.2) is 36.7 Å². The second-order valence-corrected chi connectivity index (χ2v) is 5.58. The van der Waals surface area contributed by atoms with Gasteiger partial charge in [-0.25, -0.2) is 4.98 Å². The predicted octanol–water partition coefficient (Wildman–Crippen LogP) is 3.41. The summed E-state index contributed by atoms with van der Waals surface area (Å²) in [4.78, 5) is 4.47. The zero-order valence-corrected chi connectivity index (χ0v) is 12.6. The number of fused-ring (bicyclic) bond motifs is 1. The van der Waals surface area contributed by atoms with Gasteiger partial charge in [0.2, 0.25) is 5.95 Å². The van der Waals surface area contributed by atoms with Crippen LogP contribution in [0.4, 0.5) is 5.95 Å². The fourth-order valence-electron chi connectivity index (χ4n) is 3.07. The van der Waals surface area contributed by atoms with Crippen LogP contribution >= 0.6 is 0 Å². The molecule has 0 amide bonds. The Morgan fingerprint density at radius 3 is 3.19 bits per heavy atom. The molecule has 1 atom stereocenters. The molecule has 1 aromatic carbocycles. The van der Waals surface area contributed by atoms with Gasteiger partial charge in [0.25, 0.3) is 0 Å². The second kappa shape index (κ2) is 6.76. The van der Waals surface area contributed by atoms with Crippen LogP contribution in [0.3, 0.4) is 0 Å². The topological polar surface area (TPSA) is 39.1 Å². The largest absolute Gasteiger partial charge is 0.385 e. The molecule has 1 N–H and O–H groups in total. The predicted molar refractivity (Wildman–Crippen MR) is 84.5 cm³/mol. The molecule has 4 heteroatoms. The first-order chi connectivity index (χ1) is 10.4. The number of hydrogen-bond donors (Lipinski definition) is 1. The molecule has 0 radical (unpaired) electrons. The van der Waals surface area contributed by atoms with E-state index in [0.717, 1.165) is 25.5 Å². The summed E-state index contributed by atoms with van der Waals surface area (Å²) in [5, 5.41) is 3.62. The van der Waals surface area contributed by atoms with Gasteiger partial charge in [0, 0.05) is 32.7 Å². The minimum atomic E-state index is 0.374. The highest BCUT2D eigenvalue weighted by Gasteiger charge is 2.20. The Hall–Kier alpha value is -1.81. The summed E-state index contributed by atoms with van der Waals surface area (Å²) >= 11 is 0. The maximum absolute atomic E-state index is 5.12. The Labute approximate surface area is 126 Å². The summed E-state index contributed by atoms with van der Waals surface area (Å²) < 4.78 is 7.30. The Bertz CT molecular complexity index is 579. The van der Waals surface area contributed by atoms with Gasteiger partial charge < -0.3 is 14.6 Å². The lowest BCUT2D eigenvalue weighted by atomic mass is 9.88. The van der Waals surface area contributed by atoms with E-state index in [9.17, 15) is 0 Å². The number of rotatable bonds is 6. The van der Waals surface area contributed by atoms with Crippen LogP contribution in [-0.2, 0) is 17.7 Å². The SMILES string of the molecule is COCCCn1ccnc1NC1CCCc2ccccc21. The third-order valence-corrected chi connectivity index (χ3v) is 4.14. The summed E-state index contributed by atoms with van der Waals surface area (Å²) in [6.45, 7) is 1.72. The average Bonchev–Trinajstić information content (AvgIpc) is 2.95. The van der Waals surface area contributed by atoms with Crippen molar-refractivity contribution in [2.45, 2.75) is 38.3 Å². The smallest absolute Gasteiger partial charge is 0.203 e. The molecule has 4 nitrogen and oxygen atoms in total. The lowest BCUT2D eigenvalue weighted by Gasteiger charge is -2.27. The third kappa shape index (κ3) is 3.27. The molecule has 2 aromatic rings. The standard InChI is InChI=1S/C17H23N3O/c1-21-13-5-11-20-12-10-18-17(20)19-16-9-4-7-14-6-2-3-8-15(14)16/h2-3,6,8,10,12,16H,4-5,7,9,11,13H2,1H3,(H,18,19). The van der Waals surface area contributed by atoms with Crippen LogP contribution < -0.4 is 5.32 Å². The monoisotopic (exact) mass is 285 g/mol. The Kier molecular flexibility index (Phi) is 4.55. The van der Waals surface area contributed by atoms with Crippen molar-refractivity contribution in [1.29, 1.82) is 0 Å². The highest BCUT2D eigenvalue weighted by molar-refractivity contribution is 5.39. The van der Waals surface area contributed by atoms with Gasteiger partial charge in [0.05, 0.1) is 6.04 Å². The molecule has 1 aliphatic rings. The number of hydrogen-bond acceptors (Lipinski definition) is 3. The molecule has 1 heterocycles. The van der Waals surface area contributed by atoms with Gasteiger partial charge >= 0.3 is 0 Å². The zero-order valence-electron chi connectivity index (χ0n) is 12.6. The Morgan fingerprint density at radius 2 is 2.29 bits per heavy atom. The molecule has 0 saturated carbocycles. The number of aromatic nitrogens is 2. The highest BCUT2D eigenvalue weighted by Crippen LogP contribution is 2.31. The highest BCUT2D eigenvalue weighted by atomic mass is 16.5. The minimum Gasteiger partial charge on any atom is -0.385 e. The van der Waals surface area contributed by atoms with Crippen LogP contribution in [0.5, 0.6) is 0 Å². The first-order valence-electron chi connectivity index (χ1n) is 7.73. The van der Waals surface area contributed by atoms with Crippen LogP contribution in [-0.4, -0.2) is 23.3 Å². The van der Waals surface area contributed by atoms with E-state index in [1.165, 1.54) is 30.4 Å². The molecule has 0 bridgehead atoms. The molecule has 3 rings (SSSR count). The quantitative estimate of drug-likeness (QED) is 0.827. The Balaban J connectivity index is 1.72. The van der Waals surface area contributed by atoms with Gasteiger partial charge in [-0.2, -0.15) is 0 Å². The van der Waals surface area contributed by atoms with Crippen molar-refractivity contribution in [2.24, 2.45) is 0 Å². The number of anilines is 1. The number of nitrogens with zero attached hydrogens (tertiary/aromatic N) is 2. The molecule has 21 heavy (non-hydrogen) atoms. The molecule has 0 fully saturated rings. The van der Waals surface area contributed by atoms with Crippen LogP contribution in [0.1, 0.15) is 36.4 Å². The van der Waals surface area contributed by atoms with Gasteiger partial charge in [-0.05, 0) is 36.8 Å². The summed E-state index contributed by atoms with van der Waals surface area (Å²) in [6.07, 6.45) is 8.50. The fraction of sp³-hybridized carbons (Fsp3) is 0.471. The Morgan fingerprint density at radius 1 is 1.38 bits per heavy atom. The van der Waals surface area contributed by atoms with Gasteiger partial charge in [-0.15, -0.1) is 0 Å². The lowest BCUT2D eigenvalue weighted by molar-refractivity contribution is 0.190. The summed E-state index contributed by atoms with van der Waals surface area (Å²) in [6, 6.07) is 9.12. The number of imidazole rings is 1. The van der Waals surface area contributed by atoms with Crippen molar-refractivity contribution in [3.05, 3.63) is 47.8 Å². The summed E-state index contributed by atoms with van der Waals surface area (Å²) in [5.41, 5.74) is 2.90. The average molecular weight is 285 g/mol. The number of methoxy groups -OCH3 is 1. The maximum Gasteiger partial charge on any atom is 0.203 e. The normalized spacial score (nSPS) is 17.5.